The molecule has 0 amide bonds. The van der Waals surface area contributed by atoms with Gasteiger partial charge in [-0.2, -0.15) is 0 Å². The minimum absolute atomic E-state index is 0.879. The third-order valence-electron chi connectivity index (χ3n) is 9.68. The Balaban J connectivity index is 1.44. The van der Waals surface area contributed by atoms with Crippen molar-refractivity contribution in [2.75, 3.05) is 0 Å². The van der Waals surface area contributed by atoms with Gasteiger partial charge in [0, 0.05) is 49.1 Å². The summed E-state index contributed by atoms with van der Waals surface area (Å²) in [5, 5.41) is 9.28. The van der Waals surface area contributed by atoms with Crippen molar-refractivity contribution in [1.82, 2.24) is 9.13 Å². The average molecular weight is 589 g/mol. The van der Waals surface area contributed by atoms with Crippen LogP contribution in [0.4, 0.5) is 0 Å². The fourth-order valence-corrected chi connectivity index (χ4v) is 7.85. The van der Waals surface area contributed by atoms with E-state index in [0.717, 1.165) is 66.3 Å². The highest BCUT2D eigenvalue weighted by Crippen LogP contribution is 2.49. The van der Waals surface area contributed by atoms with E-state index in [0.29, 0.717) is 0 Å². The minimum atomic E-state index is 0.879. The Kier molecular flexibility index (Phi) is 4.55. The van der Waals surface area contributed by atoms with Crippen molar-refractivity contribution in [2.45, 2.75) is 0 Å². The quantitative estimate of drug-likeness (QED) is 0.201. The smallest absolute Gasteiger partial charge is 0.162 e. The molecule has 0 saturated carbocycles. The topological polar surface area (TPSA) is 36.1 Å². The number of fused-ring (bicyclic) bond motifs is 15. The zero-order valence-electron chi connectivity index (χ0n) is 24.6. The number of hydrogen-bond donors (Lipinski definition) is 0. The Labute approximate surface area is 261 Å². The van der Waals surface area contributed by atoms with Gasteiger partial charge in [0.15, 0.2) is 5.58 Å². The van der Waals surface area contributed by atoms with E-state index >= 15 is 0 Å². The molecule has 11 aromatic rings. The van der Waals surface area contributed by atoms with Gasteiger partial charge in [-0.1, -0.05) is 91.0 Å². The van der Waals surface area contributed by atoms with E-state index < -0.39 is 0 Å². The van der Waals surface area contributed by atoms with Crippen LogP contribution in [0.2, 0.25) is 0 Å². The second-order valence-electron chi connectivity index (χ2n) is 12.1. The van der Waals surface area contributed by atoms with E-state index in [4.69, 9.17) is 8.83 Å². The first kappa shape index (κ1) is 24.1. The number of para-hydroxylation sites is 5. The molecule has 0 aliphatic carbocycles. The first-order chi connectivity index (χ1) is 22.8. The van der Waals surface area contributed by atoms with E-state index in [-0.39, 0.29) is 0 Å². The number of rotatable bonds is 2. The molecule has 11 rings (SSSR count). The van der Waals surface area contributed by atoms with Crippen molar-refractivity contribution in [2.24, 2.45) is 0 Å². The number of benzene rings is 7. The molecular formula is C42H24N2O2. The summed E-state index contributed by atoms with van der Waals surface area (Å²) < 4.78 is 18.0. The van der Waals surface area contributed by atoms with E-state index in [9.17, 15) is 0 Å². The lowest BCUT2D eigenvalue weighted by Crippen LogP contribution is -1.96. The SMILES string of the molecule is c1ccc(-n2c3ccccc3c3c4c5ccccc5n(-c5ccc6oc7ccccc7c6c5)c4c4oc5ccccc5c4c32)cc1. The second-order valence-corrected chi connectivity index (χ2v) is 12.1. The molecule has 4 aromatic heterocycles. The van der Waals surface area contributed by atoms with Gasteiger partial charge in [0.1, 0.15) is 16.7 Å². The van der Waals surface area contributed by atoms with E-state index in [1.807, 2.05) is 12.1 Å². The highest BCUT2D eigenvalue weighted by atomic mass is 16.3. The Bertz CT molecular complexity index is 3020. The molecule has 4 heteroatoms. The third kappa shape index (κ3) is 2.98. The molecule has 46 heavy (non-hydrogen) atoms. The van der Waals surface area contributed by atoms with Crippen LogP contribution >= 0.6 is 0 Å². The highest BCUT2D eigenvalue weighted by molar-refractivity contribution is 6.39. The molecule has 0 saturated heterocycles. The number of hydrogen-bond acceptors (Lipinski definition) is 2. The van der Waals surface area contributed by atoms with Gasteiger partial charge in [-0.15, -0.1) is 0 Å². The Hall–Kier alpha value is -6.26. The van der Waals surface area contributed by atoms with Crippen LogP contribution in [0.5, 0.6) is 0 Å². The monoisotopic (exact) mass is 588 g/mol. The largest absolute Gasteiger partial charge is 0.456 e. The van der Waals surface area contributed by atoms with Crippen LogP contribution in [-0.4, -0.2) is 9.13 Å². The molecule has 0 atom stereocenters. The predicted octanol–water partition coefficient (Wildman–Crippen LogP) is 11.7. The maximum Gasteiger partial charge on any atom is 0.162 e. The molecule has 0 radical (unpaired) electrons. The van der Waals surface area contributed by atoms with Crippen molar-refractivity contribution in [3.8, 4) is 11.4 Å². The van der Waals surface area contributed by atoms with Crippen molar-refractivity contribution in [1.29, 1.82) is 0 Å². The zero-order chi connectivity index (χ0) is 29.9. The summed E-state index contributed by atoms with van der Waals surface area (Å²) in [7, 11) is 0. The molecule has 4 nitrogen and oxygen atoms in total. The number of nitrogens with zero attached hydrogens (tertiary/aromatic N) is 2. The molecule has 7 aromatic carbocycles. The van der Waals surface area contributed by atoms with Crippen LogP contribution in [-0.2, 0) is 0 Å². The van der Waals surface area contributed by atoms with Crippen LogP contribution < -0.4 is 0 Å². The van der Waals surface area contributed by atoms with Gasteiger partial charge in [-0.25, -0.2) is 0 Å². The standard InChI is InChI=1S/C42H24N2O2/c1-2-12-25(13-3-1)43-32-18-8-4-15-28(32)37-38-29-16-5-9-19-33(29)44(26-22-23-36-31(24-26)27-14-6-10-20-34(27)45-36)41(38)42-39(40(37)43)30-17-7-11-21-35(30)46-42/h1-24H. The summed E-state index contributed by atoms with van der Waals surface area (Å²) in [4.78, 5) is 0. The summed E-state index contributed by atoms with van der Waals surface area (Å²) in [6.07, 6.45) is 0. The molecular weight excluding hydrogens is 564 g/mol. The zero-order valence-corrected chi connectivity index (χ0v) is 24.6. The summed E-state index contributed by atoms with van der Waals surface area (Å²) >= 11 is 0. The molecule has 0 aliphatic rings. The fraction of sp³-hybridized carbons (Fsp3) is 0. The van der Waals surface area contributed by atoms with Crippen LogP contribution in [0, 0.1) is 0 Å². The van der Waals surface area contributed by atoms with E-state index in [2.05, 4.69) is 143 Å². The van der Waals surface area contributed by atoms with Crippen molar-refractivity contribution in [3.63, 3.8) is 0 Å². The minimum Gasteiger partial charge on any atom is -0.456 e. The maximum atomic E-state index is 6.94. The van der Waals surface area contributed by atoms with Crippen molar-refractivity contribution in [3.05, 3.63) is 146 Å². The Morgan fingerprint density at radius 1 is 0.348 bits per heavy atom. The molecule has 214 valence electrons. The van der Waals surface area contributed by atoms with Crippen molar-refractivity contribution >= 4 is 87.5 Å². The summed E-state index contributed by atoms with van der Waals surface area (Å²) in [6.45, 7) is 0. The third-order valence-corrected chi connectivity index (χ3v) is 9.68. The molecule has 0 fully saturated rings. The first-order valence-electron chi connectivity index (χ1n) is 15.6. The molecule has 0 bridgehead atoms. The predicted molar refractivity (Wildman–Crippen MR) is 190 cm³/mol. The molecule has 4 heterocycles. The van der Waals surface area contributed by atoms with Gasteiger partial charge in [-0.05, 0) is 54.6 Å². The first-order valence-corrected chi connectivity index (χ1v) is 15.6. The van der Waals surface area contributed by atoms with Gasteiger partial charge in [0.25, 0.3) is 0 Å². The molecule has 0 unspecified atom stereocenters. The maximum absolute atomic E-state index is 6.94. The highest BCUT2D eigenvalue weighted by Gasteiger charge is 2.27. The van der Waals surface area contributed by atoms with Crippen molar-refractivity contribution < 1.29 is 8.83 Å². The Morgan fingerprint density at radius 2 is 0.891 bits per heavy atom. The molecule has 0 spiro atoms. The second kappa shape index (κ2) is 8.68. The van der Waals surface area contributed by atoms with Gasteiger partial charge < -0.3 is 18.0 Å². The van der Waals surface area contributed by atoms with E-state index in [1.54, 1.807) is 0 Å². The lowest BCUT2D eigenvalue weighted by atomic mass is 10.0. The van der Waals surface area contributed by atoms with Gasteiger partial charge >= 0.3 is 0 Å². The van der Waals surface area contributed by atoms with Crippen LogP contribution in [0.3, 0.4) is 0 Å². The van der Waals surface area contributed by atoms with Gasteiger partial charge in [-0.3, -0.25) is 0 Å². The van der Waals surface area contributed by atoms with Gasteiger partial charge in [0.05, 0.1) is 27.5 Å². The fourth-order valence-electron chi connectivity index (χ4n) is 7.85. The lowest BCUT2D eigenvalue weighted by molar-refractivity contribution is 0.669. The van der Waals surface area contributed by atoms with Crippen LogP contribution in [0.25, 0.3) is 98.9 Å². The molecule has 0 aliphatic heterocycles. The number of aromatic nitrogens is 2. The molecule has 0 N–H and O–H groups in total. The summed E-state index contributed by atoms with van der Waals surface area (Å²) in [5.41, 5.74) is 10.3. The summed E-state index contributed by atoms with van der Waals surface area (Å²) in [6, 6.07) is 51.4. The summed E-state index contributed by atoms with van der Waals surface area (Å²) in [5.74, 6) is 0. The lowest BCUT2D eigenvalue weighted by Gasteiger charge is -2.11. The van der Waals surface area contributed by atoms with E-state index in [1.165, 1.54) is 32.6 Å². The van der Waals surface area contributed by atoms with Gasteiger partial charge in [0.2, 0.25) is 0 Å². The van der Waals surface area contributed by atoms with Crippen LogP contribution in [0.15, 0.2) is 154 Å². The normalized spacial score (nSPS) is 12.3. The Morgan fingerprint density at radius 3 is 1.63 bits per heavy atom. The average Bonchev–Trinajstić information content (AvgIpc) is 3.86. The van der Waals surface area contributed by atoms with Crippen LogP contribution in [0.1, 0.15) is 0 Å². The number of furan rings is 2.